The van der Waals surface area contributed by atoms with Crippen molar-refractivity contribution >= 4 is 144 Å². The molecule has 0 fully saturated rings. The Balaban J connectivity index is -0.00000159. The normalized spacial score (nSPS) is 10.7. The molecule has 4 atom stereocenters. The lowest BCUT2D eigenvalue weighted by molar-refractivity contribution is -0.193. The third-order valence-electron chi connectivity index (χ3n) is 15.7. The quantitative estimate of drug-likeness (QED) is 0.00956. The van der Waals surface area contributed by atoms with Crippen molar-refractivity contribution in [2.24, 2.45) is 10.3 Å². The Morgan fingerprint density at radius 2 is 0.853 bits per heavy atom. The highest BCUT2D eigenvalue weighted by atomic mass is 32.2. The van der Waals surface area contributed by atoms with Crippen molar-refractivity contribution in [1.29, 1.82) is 0 Å². The van der Waals surface area contributed by atoms with E-state index in [2.05, 4.69) is 78.8 Å². The van der Waals surface area contributed by atoms with E-state index in [-0.39, 0.29) is 107 Å². The van der Waals surface area contributed by atoms with Crippen LogP contribution >= 0.6 is 23.5 Å². The number of halogens is 2. The lowest BCUT2D eigenvalue weighted by atomic mass is 10.1. The average molecular weight is 1850 g/mol. The van der Waals surface area contributed by atoms with E-state index < -0.39 is 89.9 Å². The number of aromatic nitrogens is 2. The van der Waals surface area contributed by atoms with Gasteiger partial charge in [0.05, 0.1) is 18.1 Å². The average Bonchev–Trinajstić information content (AvgIpc) is 0.896. The maximum Gasteiger partial charge on any atom is 0.373 e. The van der Waals surface area contributed by atoms with Gasteiger partial charge in [-0.25, -0.2) is 43.5 Å². The van der Waals surface area contributed by atoms with E-state index in [4.69, 9.17) is 78.9 Å². The molecule has 2 heterocycles. The Hall–Kier alpha value is -14.7. The van der Waals surface area contributed by atoms with Gasteiger partial charge >= 0.3 is 90.5 Å². The fourth-order valence-electron chi connectivity index (χ4n) is 9.31. The van der Waals surface area contributed by atoms with Gasteiger partial charge in [-0.15, -0.1) is 0 Å². The summed E-state index contributed by atoms with van der Waals surface area (Å²) in [6.45, 7) is 8.00. The van der Waals surface area contributed by atoms with Crippen LogP contribution in [-0.2, 0) is 93.1 Å². The van der Waals surface area contributed by atoms with Crippen LogP contribution in [-0.4, -0.2) is 242 Å². The molecule has 704 valence electrons. The number of carboxylic acid groups (broad SMARTS) is 7. The number of oxime groups is 1. The third-order valence-corrected chi connectivity index (χ3v) is 17.8. The molecule has 10 amide bonds. The number of nitrogens with zero attached hydrogens (tertiary/aromatic N) is 4. The number of aryl methyl sites for hydroxylation is 2. The lowest BCUT2D eigenvalue weighted by Gasteiger charge is -2.14. The number of thioether (sulfide) groups is 2. The number of urea groups is 4. The van der Waals surface area contributed by atoms with Crippen LogP contribution in [0.15, 0.2) is 120 Å². The standard InChI is InChI=1S/C26H33N5O6.C21H30N4O7.C16H24FN3O3S.C14H18FN3O5S.4CO2/c1-18-5-7-19(8-6-18)17-29-31-21-11-9-20(10-12-21)24(34)27-15-3-2-4-16-28-26(37)30-22(25(35)36)13-14-23(32)33;1-15-5-7-16(8-6-15)13-24-32-14-18(26)22-11-3-2-4-12-23-21(31)25-17(20(29)30)9-10-19(27)28;1-12(4-5-15(21)22)20-16(23)19-7-2-3-9-24-11-13-6-8-18-14(17)10-13;15-12-9(2-1-5-16-12)8-24-7-6-17-14(23)18-10(13(21)22)3-4-11(19)20;4*2-1-3/h5-12,17,22,31H,2-4,13-16H2,1H3,(H,27,34)(H,32,33)(H,35,36)(H2,28,30,37);5-8,13,17H,2-4,9-12,14H2,1H3,(H,22,26)(H,27,28)(H,29,30)(H2,23,25,31);6,8,10,12H,2-5,7,9,11H2,1H3,(H,21,22)(H2,19,20,23);1-2,5,10H,3-4,6-8H2,(H,19,20)(H,21,22)(H2,17,18,23);;;;/b29-17+;;;;;;;/i;;17-1;15-1;;;;. The van der Waals surface area contributed by atoms with Gasteiger partial charge in [0, 0.05) is 112 Å². The number of benzene rings is 3. The van der Waals surface area contributed by atoms with Crippen molar-refractivity contribution in [2.75, 3.05) is 62.8 Å². The second kappa shape index (κ2) is 78.0. The lowest BCUT2D eigenvalue weighted by Crippen LogP contribution is -2.46. The number of aliphatic carboxylic acids is 7. The minimum Gasteiger partial charge on any atom is -0.481 e. The van der Waals surface area contributed by atoms with Crippen LogP contribution in [0.5, 0.6) is 0 Å². The molecule has 5 rings (SSSR count). The minimum absolute atomic E-state index is 0.0417. The molecule has 0 radical (unpaired) electrons. The van der Waals surface area contributed by atoms with Gasteiger partial charge in [-0.3, -0.25) is 34.2 Å². The van der Waals surface area contributed by atoms with Gasteiger partial charge in [-0.05, 0) is 163 Å². The Kier molecular flexibility index (Phi) is 71.7. The second-order valence-electron chi connectivity index (χ2n) is 26.0. The van der Waals surface area contributed by atoms with E-state index in [9.17, 15) is 71.1 Å². The summed E-state index contributed by atoms with van der Waals surface area (Å²) in [5.74, 6) is -7.03. The minimum atomic E-state index is -1.30. The van der Waals surface area contributed by atoms with E-state index in [1.54, 1.807) is 67.4 Å². The van der Waals surface area contributed by atoms with E-state index >= 15 is 0 Å². The number of rotatable bonds is 51. The van der Waals surface area contributed by atoms with Gasteiger partial charge in [-0.2, -0.15) is 75.8 Å². The Morgan fingerprint density at radius 1 is 0.450 bits per heavy atom. The highest BCUT2D eigenvalue weighted by Crippen LogP contribution is 2.16. The number of hydrogen-bond donors (Lipinski definition) is 18. The van der Waals surface area contributed by atoms with Crippen molar-refractivity contribution in [3.05, 3.63) is 160 Å². The molecule has 48 heteroatoms. The summed E-state index contributed by atoms with van der Waals surface area (Å²) >= 11 is 3.10. The van der Waals surface area contributed by atoms with Gasteiger partial charge in [0.15, 0.2) is 6.61 Å². The van der Waals surface area contributed by atoms with Crippen molar-refractivity contribution < 1.29 is 150 Å². The fraction of sp³-hybridized carbons (Fsp3) is 0.420. The Bertz CT molecular complexity index is 4340. The molecule has 0 saturated carbocycles. The number of anilines is 1. The molecule has 4 unspecified atom stereocenters. The zero-order valence-electron chi connectivity index (χ0n) is 70.4. The largest absolute Gasteiger partial charge is 0.481 e. The number of carboxylic acids is 7. The first-order valence-corrected chi connectivity index (χ1v) is 41.1. The Labute approximate surface area is 746 Å². The molecule has 5 aromatic rings. The Morgan fingerprint density at radius 3 is 1.29 bits per heavy atom. The highest BCUT2D eigenvalue weighted by molar-refractivity contribution is 7.98. The maximum absolute atomic E-state index is 13.3. The van der Waals surface area contributed by atoms with E-state index in [0.717, 1.165) is 65.1 Å². The molecule has 18 N–H and O–H groups in total. The predicted molar refractivity (Wildman–Crippen MR) is 454 cm³/mol. The number of hydrazone groups is 1. The molecular formula is C81H105F2N15O29S2. The van der Waals surface area contributed by atoms with Crippen LogP contribution in [0.3, 0.4) is 0 Å². The molecule has 3 aromatic carbocycles. The number of carbonyl (C=O) groups is 13. The first-order valence-electron chi connectivity index (χ1n) is 38.8. The van der Waals surface area contributed by atoms with Crippen molar-refractivity contribution in [2.45, 2.75) is 159 Å². The zero-order valence-corrected chi connectivity index (χ0v) is 72.1. The van der Waals surface area contributed by atoms with E-state index in [1.165, 1.54) is 42.0 Å². The summed E-state index contributed by atoms with van der Waals surface area (Å²) in [6.07, 6.45) is 11.8. The molecule has 0 aliphatic heterocycles. The molecule has 0 spiro atoms. The van der Waals surface area contributed by atoms with Crippen molar-refractivity contribution in [1.82, 2.24) is 63.1 Å². The van der Waals surface area contributed by atoms with Gasteiger partial charge in [0.2, 0.25) is 11.9 Å². The third kappa shape index (κ3) is 72.3. The molecular weight excluding hydrogens is 1750 g/mol. The second-order valence-corrected chi connectivity index (χ2v) is 28.2. The summed E-state index contributed by atoms with van der Waals surface area (Å²) in [6, 6.07) is 22.9. The van der Waals surface area contributed by atoms with Gasteiger partial charge in [0.25, 0.3) is 11.8 Å². The smallest absolute Gasteiger partial charge is 0.373 e. The molecule has 0 aliphatic rings. The summed E-state index contributed by atoms with van der Waals surface area (Å²) in [4.78, 5) is 223. The zero-order chi connectivity index (χ0) is 97.4. The number of hydrogen-bond acceptors (Lipinski definition) is 29. The van der Waals surface area contributed by atoms with Gasteiger partial charge in [-0.1, -0.05) is 70.9 Å². The number of carbonyl (C=O) groups excluding carboxylic acids is 14. The number of amides is 10. The maximum atomic E-state index is 13.3. The fourth-order valence-corrected chi connectivity index (χ4v) is 11.1. The molecule has 129 heavy (non-hydrogen) atoms. The number of pyridine rings is 2. The number of nitrogens with one attached hydrogen (secondary N) is 11. The molecule has 44 nitrogen and oxygen atoms in total. The van der Waals surface area contributed by atoms with Crippen LogP contribution in [0.1, 0.15) is 153 Å². The number of unbranched alkanes of at least 4 members (excludes halogenated alkanes) is 5. The van der Waals surface area contributed by atoms with E-state index in [1.807, 2.05) is 62.4 Å². The summed E-state index contributed by atoms with van der Waals surface area (Å²) in [7, 11) is 0. The van der Waals surface area contributed by atoms with Gasteiger partial charge in [0.1, 0.15) is 18.1 Å². The predicted octanol–water partition coefficient (Wildman–Crippen LogP) is 5.73. The van der Waals surface area contributed by atoms with Crippen LogP contribution in [0.2, 0.25) is 0 Å². The monoisotopic (exact) mass is 1850 g/mol. The summed E-state index contributed by atoms with van der Waals surface area (Å²) in [5.41, 5.74) is 9.77. The first-order chi connectivity index (χ1) is 61.5. The van der Waals surface area contributed by atoms with Crippen LogP contribution in [0.25, 0.3) is 0 Å². The SMILES string of the molecule is CC(CCC(=O)O)NC(=O)NCCCCSCc1ccnc([18F])c1.Cc1ccc(/C=N/Nc2ccc(C(=O)NCCCCCNC(=O)NC(CCC(=O)O)C(=O)O)cc2)cc1.Cc1ccc(C=NOCC(=O)NCCCCCNC(=O)NC(CCC(=O)O)C(=O)O)cc1.O=C(O)CCC(NC(=O)NCCSCc1cccnc1[18F])C(=O)O.O=C=O.O=C=O.O=C=O.O=C=O. The van der Waals surface area contributed by atoms with Crippen molar-refractivity contribution in [3.63, 3.8) is 0 Å². The summed E-state index contributed by atoms with van der Waals surface area (Å²) in [5, 5.41) is 94.5. The molecule has 0 saturated heterocycles. The highest BCUT2D eigenvalue weighted by Gasteiger charge is 2.24. The van der Waals surface area contributed by atoms with Gasteiger partial charge < -0.3 is 93.8 Å². The topological polar surface area (TPSA) is 692 Å². The molecule has 0 bridgehead atoms. The van der Waals surface area contributed by atoms with Crippen LogP contribution in [0.4, 0.5) is 33.6 Å². The molecule has 2 aromatic heterocycles. The summed E-state index contributed by atoms with van der Waals surface area (Å²) < 4.78 is 26.2. The van der Waals surface area contributed by atoms with E-state index in [0.29, 0.717) is 87.5 Å². The first kappa shape index (κ1) is 118. The van der Waals surface area contributed by atoms with Crippen molar-refractivity contribution in [3.8, 4) is 0 Å². The van der Waals surface area contributed by atoms with Crippen LogP contribution < -0.4 is 58.6 Å². The van der Waals surface area contributed by atoms with Crippen LogP contribution in [0, 0.1) is 25.7 Å². The molecule has 0 aliphatic carbocycles.